The zero-order valence-electron chi connectivity index (χ0n) is 11.2. The van der Waals surface area contributed by atoms with Crippen molar-refractivity contribution in [1.29, 1.82) is 0 Å². The van der Waals surface area contributed by atoms with E-state index in [-0.39, 0.29) is 10.6 Å². The van der Waals surface area contributed by atoms with Crippen molar-refractivity contribution in [3.05, 3.63) is 56.2 Å². The van der Waals surface area contributed by atoms with Gasteiger partial charge in [-0.15, -0.1) is 11.3 Å². The number of fused-ring (bicyclic) bond motifs is 1. The van der Waals surface area contributed by atoms with Crippen LogP contribution in [-0.2, 0) is 13.5 Å². The summed E-state index contributed by atoms with van der Waals surface area (Å²) >= 11 is 5.51. The van der Waals surface area contributed by atoms with Crippen LogP contribution in [0, 0.1) is 0 Å². The minimum atomic E-state index is -0.325. The Morgan fingerprint density at radius 3 is 2.95 bits per heavy atom. The third-order valence-corrected chi connectivity index (χ3v) is 5.81. The molecule has 1 atom stereocenters. The van der Waals surface area contributed by atoms with Crippen molar-refractivity contribution in [3.8, 4) is 0 Å². The average Bonchev–Trinajstić information content (AvgIpc) is 3.03. The molecule has 0 aliphatic rings. The number of aryl methyl sites for hydroxylation is 2. The smallest absolute Gasteiger partial charge is 0.408 e. The van der Waals surface area contributed by atoms with Crippen LogP contribution >= 0.6 is 27.3 Å². The van der Waals surface area contributed by atoms with Gasteiger partial charge in [-0.1, -0.05) is 28.9 Å². The highest BCUT2D eigenvalue weighted by molar-refractivity contribution is 9.09. The summed E-state index contributed by atoms with van der Waals surface area (Å²) in [6.45, 7) is 2.16. The molecule has 3 aromatic rings. The molecule has 0 saturated heterocycles. The van der Waals surface area contributed by atoms with Crippen molar-refractivity contribution < 1.29 is 4.42 Å². The molecule has 1 unspecified atom stereocenters. The first-order valence-corrected chi connectivity index (χ1v) is 8.21. The van der Waals surface area contributed by atoms with Crippen LogP contribution in [0.2, 0.25) is 0 Å². The predicted molar refractivity (Wildman–Crippen MR) is 85.9 cm³/mol. The van der Waals surface area contributed by atoms with Gasteiger partial charge in [0.05, 0.1) is 10.3 Å². The molecular weight excluding hydrogens is 338 g/mol. The van der Waals surface area contributed by atoms with Crippen LogP contribution in [0.25, 0.3) is 11.1 Å². The molecule has 3 nitrogen and oxygen atoms in total. The molecule has 20 heavy (non-hydrogen) atoms. The normalized spacial score (nSPS) is 12.9. The number of alkyl halides is 1. The van der Waals surface area contributed by atoms with Gasteiger partial charge in [0.15, 0.2) is 5.58 Å². The number of hydrogen-bond donors (Lipinski definition) is 0. The number of halogens is 1. The molecule has 3 rings (SSSR count). The lowest BCUT2D eigenvalue weighted by atomic mass is 10.1. The fourth-order valence-corrected chi connectivity index (χ4v) is 4.22. The van der Waals surface area contributed by atoms with Gasteiger partial charge in [-0.3, -0.25) is 4.57 Å². The maximum Gasteiger partial charge on any atom is 0.419 e. The largest absolute Gasteiger partial charge is 0.419 e. The lowest BCUT2D eigenvalue weighted by Crippen LogP contribution is -2.08. The second kappa shape index (κ2) is 5.22. The molecule has 5 heteroatoms. The van der Waals surface area contributed by atoms with Crippen LogP contribution in [0.4, 0.5) is 0 Å². The molecule has 2 aromatic heterocycles. The first-order valence-electron chi connectivity index (χ1n) is 6.41. The Morgan fingerprint density at radius 1 is 1.40 bits per heavy atom. The van der Waals surface area contributed by atoms with Gasteiger partial charge in [0.1, 0.15) is 0 Å². The zero-order chi connectivity index (χ0) is 14.3. The number of hydrogen-bond acceptors (Lipinski definition) is 3. The summed E-state index contributed by atoms with van der Waals surface area (Å²) in [5, 5.41) is 2.11. The summed E-state index contributed by atoms with van der Waals surface area (Å²) in [6, 6.07) is 8.07. The third-order valence-electron chi connectivity index (χ3n) is 3.50. The Balaban J connectivity index is 2.08. The van der Waals surface area contributed by atoms with Crippen molar-refractivity contribution in [3.63, 3.8) is 0 Å². The van der Waals surface area contributed by atoms with Gasteiger partial charge in [0, 0.05) is 11.9 Å². The standard InChI is InChI=1S/C15H14BrNO2S/c1-3-9-6-7-20-14(9)13(16)10-4-5-11-12(8-10)19-15(18)17(11)2/h4-8,13H,3H2,1-2H3. The fraction of sp³-hybridized carbons (Fsp3) is 0.267. The highest BCUT2D eigenvalue weighted by Gasteiger charge is 2.17. The Bertz CT molecular complexity index is 815. The van der Waals surface area contributed by atoms with E-state index < -0.39 is 0 Å². The topological polar surface area (TPSA) is 35.1 Å². The summed E-state index contributed by atoms with van der Waals surface area (Å²) in [5.74, 6) is -0.325. The Labute approximate surface area is 129 Å². The Hall–Kier alpha value is -1.33. The van der Waals surface area contributed by atoms with E-state index in [1.807, 2.05) is 18.2 Å². The number of thiophene rings is 1. The van der Waals surface area contributed by atoms with Crippen molar-refractivity contribution in [2.45, 2.75) is 18.2 Å². The number of nitrogens with zero attached hydrogens (tertiary/aromatic N) is 1. The SMILES string of the molecule is CCc1ccsc1C(Br)c1ccc2c(c1)oc(=O)n2C. The van der Waals surface area contributed by atoms with E-state index in [1.54, 1.807) is 18.4 Å². The molecule has 2 heterocycles. The van der Waals surface area contributed by atoms with Gasteiger partial charge in [-0.05, 0) is 41.1 Å². The number of rotatable bonds is 3. The highest BCUT2D eigenvalue weighted by atomic mass is 79.9. The maximum atomic E-state index is 11.5. The molecule has 0 saturated carbocycles. The van der Waals surface area contributed by atoms with E-state index >= 15 is 0 Å². The summed E-state index contributed by atoms with van der Waals surface area (Å²) < 4.78 is 6.77. The Morgan fingerprint density at radius 2 is 2.20 bits per heavy atom. The molecule has 1 aromatic carbocycles. The second-order valence-corrected chi connectivity index (χ2v) is 6.54. The van der Waals surface area contributed by atoms with Crippen molar-refractivity contribution in [1.82, 2.24) is 4.57 Å². The zero-order valence-corrected chi connectivity index (χ0v) is 13.6. The minimum absolute atomic E-state index is 0.132. The molecule has 0 aliphatic heterocycles. The Kier molecular flexibility index (Phi) is 3.56. The average molecular weight is 352 g/mol. The minimum Gasteiger partial charge on any atom is -0.408 e. The molecule has 104 valence electrons. The number of oxazole rings is 1. The van der Waals surface area contributed by atoms with Gasteiger partial charge < -0.3 is 4.42 Å². The molecule has 0 amide bonds. The van der Waals surface area contributed by atoms with Crippen LogP contribution in [-0.4, -0.2) is 4.57 Å². The highest BCUT2D eigenvalue weighted by Crippen LogP contribution is 2.37. The van der Waals surface area contributed by atoms with Gasteiger partial charge in [-0.25, -0.2) is 4.79 Å². The third kappa shape index (κ3) is 2.15. The van der Waals surface area contributed by atoms with Gasteiger partial charge in [0.25, 0.3) is 0 Å². The van der Waals surface area contributed by atoms with Crippen molar-refractivity contribution in [2.24, 2.45) is 7.05 Å². The summed E-state index contributed by atoms with van der Waals surface area (Å²) in [4.78, 5) is 13.0. The molecule has 0 spiro atoms. The molecule has 0 radical (unpaired) electrons. The van der Waals surface area contributed by atoms with Crippen LogP contribution in [0.5, 0.6) is 0 Å². The van der Waals surface area contributed by atoms with Crippen LogP contribution in [0.1, 0.15) is 27.8 Å². The van der Waals surface area contributed by atoms with E-state index in [2.05, 4.69) is 34.3 Å². The van der Waals surface area contributed by atoms with E-state index in [9.17, 15) is 4.79 Å². The molecular formula is C15H14BrNO2S. The van der Waals surface area contributed by atoms with Crippen LogP contribution in [0.3, 0.4) is 0 Å². The lowest BCUT2D eigenvalue weighted by molar-refractivity contribution is 0.528. The molecule has 0 bridgehead atoms. The molecule has 0 fully saturated rings. The van der Waals surface area contributed by atoms with Gasteiger partial charge in [-0.2, -0.15) is 0 Å². The van der Waals surface area contributed by atoms with Crippen molar-refractivity contribution in [2.75, 3.05) is 0 Å². The summed E-state index contributed by atoms with van der Waals surface area (Å²) in [7, 11) is 1.72. The number of aromatic nitrogens is 1. The quantitative estimate of drug-likeness (QED) is 0.661. The van der Waals surface area contributed by atoms with Crippen LogP contribution < -0.4 is 5.76 Å². The maximum absolute atomic E-state index is 11.5. The monoisotopic (exact) mass is 351 g/mol. The van der Waals surface area contributed by atoms with E-state index in [1.165, 1.54) is 15.0 Å². The van der Waals surface area contributed by atoms with E-state index in [4.69, 9.17) is 4.42 Å². The van der Waals surface area contributed by atoms with Gasteiger partial charge in [0.2, 0.25) is 0 Å². The van der Waals surface area contributed by atoms with Crippen molar-refractivity contribution >= 4 is 38.4 Å². The summed E-state index contributed by atoms with van der Waals surface area (Å²) in [6.07, 6.45) is 1.02. The number of benzene rings is 1. The molecule has 0 N–H and O–H groups in total. The predicted octanol–water partition coefficient (Wildman–Crippen LogP) is 4.24. The van der Waals surface area contributed by atoms with E-state index in [0.717, 1.165) is 17.5 Å². The first kappa shape index (κ1) is 13.6. The lowest BCUT2D eigenvalue weighted by Gasteiger charge is -2.10. The second-order valence-electron chi connectivity index (χ2n) is 4.68. The molecule has 0 aliphatic carbocycles. The van der Waals surface area contributed by atoms with E-state index in [0.29, 0.717) is 5.58 Å². The summed E-state index contributed by atoms with van der Waals surface area (Å²) in [5.41, 5.74) is 3.91. The van der Waals surface area contributed by atoms with Crippen LogP contribution in [0.15, 0.2) is 38.9 Å². The first-order chi connectivity index (χ1) is 9.61. The van der Waals surface area contributed by atoms with Gasteiger partial charge >= 0.3 is 5.76 Å². The fourth-order valence-electron chi connectivity index (χ4n) is 2.32.